The number of hydrogen-bond donors (Lipinski definition) is 1. The molecule has 0 amide bonds. The Morgan fingerprint density at radius 3 is 2.32 bits per heavy atom. The standard InChI is InChI=1S/C19H28O8S/c1-12-6-8-13(9-7-12)28(21,22)24-10-14(20)16-17(27-19(4,5)26-16)15-11-23-18(2,3)25-15/h6-9,14-17,20H,10-11H2,1-5H3/t14-,15+,16+,17+/m0/s1. The Hall–Kier alpha value is -1.07. The summed E-state index contributed by atoms with van der Waals surface area (Å²) in [6.45, 7) is 8.69. The average Bonchev–Trinajstić information content (AvgIpc) is 3.12. The molecule has 4 atom stereocenters. The molecule has 2 saturated heterocycles. The zero-order valence-electron chi connectivity index (χ0n) is 16.7. The maximum Gasteiger partial charge on any atom is 0.297 e. The van der Waals surface area contributed by atoms with Crippen LogP contribution in [0.4, 0.5) is 0 Å². The smallest absolute Gasteiger partial charge is 0.297 e. The van der Waals surface area contributed by atoms with Gasteiger partial charge in [-0.15, -0.1) is 0 Å². The maximum atomic E-state index is 12.4. The summed E-state index contributed by atoms with van der Waals surface area (Å²) >= 11 is 0. The van der Waals surface area contributed by atoms with Crippen molar-refractivity contribution >= 4 is 10.1 Å². The summed E-state index contributed by atoms with van der Waals surface area (Å²) in [5, 5.41) is 10.6. The number of benzene rings is 1. The highest BCUT2D eigenvalue weighted by molar-refractivity contribution is 7.86. The van der Waals surface area contributed by atoms with E-state index in [0.717, 1.165) is 5.56 Å². The third kappa shape index (κ3) is 4.91. The molecule has 28 heavy (non-hydrogen) atoms. The van der Waals surface area contributed by atoms with Crippen LogP contribution in [-0.2, 0) is 33.2 Å². The lowest BCUT2D eigenvalue weighted by molar-refractivity contribution is -0.175. The Balaban J connectivity index is 1.68. The lowest BCUT2D eigenvalue weighted by Crippen LogP contribution is -2.45. The van der Waals surface area contributed by atoms with Gasteiger partial charge in [0.25, 0.3) is 10.1 Å². The summed E-state index contributed by atoms with van der Waals surface area (Å²) in [6.07, 6.45) is -3.15. The van der Waals surface area contributed by atoms with Crippen LogP contribution < -0.4 is 0 Å². The van der Waals surface area contributed by atoms with Crippen LogP contribution in [0, 0.1) is 6.92 Å². The van der Waals surface area contributed by atoms with Crippen molar-refractivity contribution in [1.82, 2.24) is 0 Å². The van der Waals surface area contributed by atoms with E-state index in [1.165, 1.54) is 12.1 Å². The highest BCUT2D eigenvalue weighted by Gasteiger charge is 2.52. The van der Waals surface area contributed by atoms with Gasteiger partial charge in [-0.2, -0.15) is 8.42 Å². The van der Waals surface area contributed by atoms with Crippen molar-refractivity contribution in [2.75, 3.05) is 13.2 Å². The normalized spacial score (nSPS) is 30.4. The maximum absolute atomic E-state index is 12.4. The van der Waals surface area contributed by atoms with Gasteiger partial charge in [0.05, 0.1) is 18.1 Å². The van der Waals surface area contributed by atoms with E-state index in [-0.39, 0.29) is 11.5 Å². The van der Waals surface area contributed by atoms with Crippen molar-refractivity contribution in [3.63, 3.8) is 0 Å². The number of aliphatic hydroxyl groups is 1. The molecule has 1 aromatic carbocycles. The number of hydrogen-bond acceptors (Lipinski definition) is 8. The summed E-state index contributed by atoms with van der Waals surface area (Å²) in [6, 6.07) is 6.28. The zero-order chi connectivity index (χ0) is 20.7. The van der Waals surface area contributed by atoms with E-state index in [9.17, 15) is 13.5 Å². The number of ether oxygens (including phenoxy) is 4. The van der Waals surface area contributed by atoms with Crippen LogP contribution in [0.5, 0.6) is 0 Å². The van der Waals surface area contributed by atoms with Crippen molar-refractivity contribution in [1.29, 1.82) is 0 Å². The molecule has 0 unspecified atom stereocenters. The van der Waals surface area contributed by atoms with Crippen molar-refractivity contribution in [3.8, 4) is 0 Å². The molecule has 1 N–H and O–H groups in total. The molecule has 0 aromatic heterocycles. The van der Waals surface area contributed by atoms with Gasteiger partial charge in [-0.3, -0.25) is 4.18 Å². The van der Waals surface area contributed by atoms with E-state index < -0.39 is 52.7 Å². The zero-order valence-corrected chi connectivity index (χ0v) is 17.6. The molecule has 2 fully saturated rings. The van der Waals surface area contributed by atoms with Gasteiger partial charge in [0.15, 0.2) is 11.6 Å². The minimum atomic E-state index is -4.00. The van der Waals surface area contributed by atoms with Gasteiger partial charge in [0.1, 0.15) is 24.4 Å². The topological polar surface area (TPSA) is 101 Å². The molecule has 1 aromatic rings. The highest BCUT2D eigenvalue weighted by atomic mass is 32.2. The van der Waals surface area contributed by atoms with Gasteiger partial charge < -0.3 is 24.1 Å². The fourth-order valence-corrected chi connectivity index (χ4v) is 4.23. The Labute approximate surface area is 165 Å². The van der Waals surface area contributed by atoms with Crippen LogP contribution in [0.1, 0.15) is 33.3 Å². The highest BCUT2D eigenvalue weighted by Crippen LogP contribution is 2.37. The predicted molar refractivity (Wildman–Crippen MR) is 99.1 cm³/mol. The van der Waals surface area contributed by atoms with E-state index >= 15 is 0 Å². The Morgan fingerprint density at radius 2 is 1.75 bits per heavy atom. The Bertz CT molecular complexity index is 787. The number of aryl methyl sites for hydroxylation is 1. The third-order valence-corrected chi connectivity index (χ3v) is 5.94. The molecular weight excluding hydrogens is 388 g/mol. The molecule has 2 heterocycles. The summed E-state index contributed by atoms with van der Waals surface area (Å²) in [7, 11) is -4.00. The molecular formula is C19H28O8S. The molecule has 158 valence electrons. The molecule has 0 bridgehead atoms. The molecule has 2 aliphatic rings. The van der Waals surface area contributed by atoms with Crippen LogP contribution in [0.15, 0.2) is 29.2 Å². The number of rotatable bonds is 6. The first-order valence-electron chi connectivity index (χ1n) is 9.20. The minimum Gasteiger partial charge on any atom is -0.388 e. The van der Waals surface area contributed by atoms with Crippen LogP contribution in [0.3, 0.4) is 0 Å². The summed E-state index contributed by atoms with van der Waals surface area (Å²) in [4.78, 5) is 0.0278. The molecule has 2 aliphatic heterocycles. The summed E-state index contributed by atoms with van der Waals surface area (Å²) in [5.41, 5.74) is 0.933. The van der Waals surface area contributed by atoms with Crippen LogP contribution in [-0.4, -0.2) is 62.7 Å². The molecule has 3 rings (SSSR count). The van der Waals surface area contributed by atoms with Crippen LogP contribution in [0.2, 0.25) is 0 Å². The summed E-state index contributed by atoms with van der Waals surface area (Å²) in [5.74, 6) is -1.72. The van der Waals surface area contributed by atoms with Gasteiger partial charge in [0.2, 0.25) is 0 Å². The molecule has 0 saturated carbocycles. The summed E-state index contributed by atoms with van der Waals surface area (Å²) < 4.78 is 52.9. The average molecular weight is 416 g/mol. The van der Waals surface area contributed by atoms with Gasteiger partial charge in [-0.25, -0.2) is 0 Å². The largest absolute Gasteiger partial charge is 0.388 e. The first kappa shape index (κ1) is 21.6. The van der Waals surface area contributed by atoms with Gasteiger partial charge >= 0.3 is 0 Å². The molecule has 0 aliphatic carbocycles. The van der Waals surface area contributed by atoms with Crippen molar-refractivity contribution in [2.24, 2.45) is 0 Å². The Kier molecular flexibility index (Phi) is 5.90. The first-order chi connectivity index (χ1) is 12.9. The van der Waals surface area contributed by atoms with Crippen molar-refractivity contribution in [3.05, 3.63) is 29.8 Å². The quantitative estimate of drug-likeness (QED) is 0.700. The fraction of sp³-hybridized carbons (Fsp3) is 0.684. The molecule has 9 heteroatoms. The van der Waals surface area contributed by atoms with Gasteiger partial charge in [-0.1, -0.05) is 17.7 Å². The lowest BCUT2D eigenvalue weighted by Gasteiger charge is -2.26. The van der Waals surface area contributed by atoms with E-state index in [4.69, 9.17) is 23.1 Å². The second kappa shape index (κ2) is 7.64. The lowest BCUT2D eigenvalue weighted by atomic mass is 10.0. The second-order valence-electron chi connectivity index (χ2n) is 8.05. The van der Waals surface area contributed by atoms with E-state index in [2.05, 4.69) is 0 Å². The van der Waals surface area contributed by atoms with Crippen LogP contribution in [0.25, 0.3) is 0 Å². The third-order valence-electron chi connectivity index (χ3n) is 4.64. The monoisotopic (exact) mass is 416 g/mol. The van der Waals surface area contributed by atoms with E-state index in [1.54, 1.807) is 39.8 Å². The predicted octanol–water partition coefficient (Wildman–Crippen LogP) is 1.73. The number of aliphatic hydroxyl groups excluding tert-OH is 1. The molecule has 8 nitrogen and oxygen atoms in total. The minimum absolute atomic E-state index is 0.0278. The van der Waals surface area contributed by atoms with Crippen molar-refractivity contribution < 1.29 is 36.7 Å². The first-order valence-corrected chi connectivity index (χ1v) is 10.6. The molecule has 0 spiro atoms. The SMILES string of the molecule is Cc1ccc(S(=O)(=O)OC[C@H](O)[C@H]2OC(C)(C)O[C@@H]2[C@H]2COC(C)(C)O2)cc1. The van der Waals surface area contributed by atoms with E-state index in [0.29, 0.717) is 0 Å². The van der Waals surface area contributed by atoms with E-state index in [1.807, 2.05) is 6.92 Å². The Morgan fingerprint density at radius 1 is 1.11 bits per heavy atom. The van der Waals surface area contributed by atoms with Crippen molar-refractivity contribution in [2.45, 2.75) is 75.5 Å². The molecule has 0 radical (unpaired) electrons. The fourth-order valence-electron chi connectivity index (χ4n) is 3.31. The van der Waals surface area contributed by atoms with Crippen LogP contribution >= 0.6 is 0 Å². The van der Waals surface area contributed by atoms with Gasteiger partial charge in [0, 0.05) is 0 Å². The second-order valence-corrected chi connectivity index (χ2v) is 9.67. The van der Waals surface area contributed by atoms with Gasteiger partial charge in [-0.05, 0) is 46.8 Å².